The molecule has 1 aliphatic rings. The third-order valence-corrected chi connectivity index (χ3v) is 6.94. The molecule has 1 saturated carbocycles. The molecule has 0 bridgehead atoms. The molecule has 1 fully saturated rings. The van der Waals surface area contributed by atoms with Crippen LogP contribution in [0.2, 0.25) is 0 Å². The van der Waals surface area contributed by atoms with E-state index in [9.17, 15) is 31.7 Å². The highest BCUT2D eigenvalue weighted by molar-refractivity contribution is 7.91. The number of halogens is 4. The standard InChI is InChI=1S/C22H20F4N6O4S/c1-11-16(18(33)28-12-5-3-6-13(9-12)37(2,27)35)20(32-30-17(11)22(24,25)26)36-19-14(23)10-15(29-31-19)21(34)7-4-8-21/h3,5-6,9-10,27,34H,4,7-8H2,1-2H3,(H,28,33). The second-order valence-electron chi connectivity index (χ2n) is 8.55. The van der Waals surface area contributed by atoms with Crippen LogP contribution in [0.4, 0.5) is 23.2 Å². The molecular formula is C22H20F4N6O4S. The molecule has 3 aromatic rings. The Bertz CT molecular complexity index is 1490. The van der Waals surface area contributed by atoms with Crippen molar-refractivity contribution in [3.8, 4) is 11.8 Å². The normalized spacial score (nSPS) is 16.4. The molecule has 10 nitrogen and oxygen atoms in total. The van der Waals surface area contributed by atoms with Crippen molar-refractivity contribution >= 4 is 21.3 Å². The molecule has 1 aliphatic carbocycles. The number of benzene rings is 1. The second kappa shape index (κ2) is 9.30. The minimum Gasteiger partial charge on any atom is -0.414 e. The first-order valence-electron chi connectivity index (χ1n) is 10.7. The smallest absolute Gasteiger partial charge is 0.414 e. The van der Waals surface area contributed by atoms with E-state index in [4.69, 9.17) is 9.52 Å². The van der Waals surface area contributed by atoms with Crippen LogP contribution < -0.4 is 10.1 Å². The van der Waals surface area contributed by atoms with Crippen molar-refractivity contribution in [2.45, 2.75) is 42.9 Å². The Balaban J connectivity index is 1.73. The van der Waals surface area contributed by atoms with Crippen molar-refractivity contribution in [1.29, 1.82) is 4.78 Å². The Kier molecular flexibility index (Phi) is 6.62. The molecule has 3 N–H and O–H groups in total. The van der Waals surface area contributed by atoms with E-state index in [1.807, 2.05) is 0 Å². The van der Waals surface area contributed by atoms with Crippen LogP contribution in [0.1, 0.15) is 46.6 Å². The van der Waals surface area contributed by atoms with Crippen molar-refractivity contribution < 1.29 is 36.4 Å². The monoisotopic (exact) mass is 540 g/mol. The summed E-state index contributed by atoms with van der Waals surface area (Å²) in [4.78, 5) is 13.2. The Morgan fingerprint density at radius 3 is 2.41 bits per heavy atom. The number of carbonyl (C=O) groups is 1. The predicted octanol–water partition coefficient (Wildman–Crippen LogP) is 4.18. The van der Waals surface area contributed by atoms with Crippen LogP contribution in [-0.4, -0.2) is 41.9 Å². The van der Waals surface area contributed by atoms with Gasteiger partial charge in [-0.15, -0.1) is 20.4 Å². The van der Waals surface area contributed by atoms with Gasteiger partial charge in [-0.1, -0.05) is 6.07 Å². The first-order valence-corrected chi connectivity index (χ1v) is 12.7. The SMILES string of the molecule is Cc1c(C(F)(F)F)nnc(Oc2nnc(C3(O)CCC3)cc2F)c1C(=O)Nc1cccc(S(C)(=N)=O)c1. The summed E-state index contributed by atoms with van der Waals surface area (Å²) >= 11 is 0. The van der Waals surface area contributed by atoms with Crippen LogP contribution in [-0.2, 0) is 21.5 Å². The zero-order chi connectivity index (χ0) is 27.2. The third-order valence-electron chi connectivity index (χ3n) is 5.79. The summed E-state index contributed by atoms with van der Waals surface area (Å²) in [5.41, 5.74) is -4.14. The van der Waals surface area contributed by atoms with Crippen molar-refractivity contribution in [2.75, 3.05) is 11.6 Å². The highest BCUT2D eigenvalue weighted by atomic mass is 32.2. The largest absolute Gasteiger partial charge is 0.435 e. The van der Waals surface area contributed by atoms with E-state index in [1.54, 1.807) is 0 Å². The molecule has 0 aliphatic heterocycles. The molecule has 2 aromatic heterocycles. The van der Waals surface area contributed by atoms with Crippen LogP contribution >= 0.6 is 0 Å². The van der Waals surface area contributed by atoms with Gasteiger partial charge in [0.15, 0.2) is 11.5 Å². The summed E-state index contributed by atoms with van der Waals surface area (Å²) < 4.78 is 80.1. The first kappa shape index (κ1) is 26.3. The van der Waals surface area contributed by atoms with Crippen LogP contribution in [0.15, 0.2) is 35.2 Å². The molecule has 15 heteroatoms. The molecule has 1 aromatic carbocycles. The number of rotatable bonds is 6. The fourth-order valence-corrected chi connectivity index (χ4v) is 4.32. The number of amides is 1. The summed E-state index contributed by atoms with van der Waals surface area (Å²) in [5, 5.41) is 26.4. The van der Waals surface area contributed by atoms with Crippen LogP contribution in [0.5, 0.6) is 11.8 Å². The Morgan fingerprint density at radius 1 is 1.16 bits per heavy atom. The topological polar surface area (TPSA) is 151 Å². The van der Waals surface area contributed by atoms with E-state index in [-0.39, 0.29) is 16.3 Å². The Labute approximate surface area is 208 Å². The van der Waals surface area contributed by atoms with Gasteiger partial charge in [-0.25, -0.2) is 13.4 Å². The van der Waals surface area contributed by atoms with Crippen molar-refractivity contribution in [3.63, 3.8) is 0 Å². The predicted molar refractivity (Wildman–Crippen MR) is 121 cm³/mol. The molecule has 1 unspecified atom stereocenters. The van der Waals surface area contributed by atoms with E-state index in [0.29, 0.717) is 12.8 Å². The van der Waals surface area contributed by atoms with Crippen LogP contribution in [0.3, 0.4) is 0 Å². The average Bonchev–Trinajstić information content (AvgIpc) is 2.77. The minimum atomic E-state index is -4.96. The molecule has 1 atom stereocenters. The van der Waals surface area contributed by atoms with Gasteiger partial charge in [-0.3, -0.25) is 4.79 Å². The number of anilines is 1. The number of carbonyl (C=O) groups excluding carboxylic acids is 1. The summed E-state index contributed by atoms with van der Waals surface area (Å²) in [6, 6.07) is 6.29. The minimum absolute atomic E-state index is 0.0296. The van der Waals surface area contributed by atoms with E-state index in [1.165, 1.54) is 24.3 Å². The van der Waals surface area contributed by atoms with Gasteiger partial charge in [-0.2, -0.15) is 13.2 Å². The Hall–Kier alpha value is -3.72. The van der Waals surface area contributed by atoms with E-state index >= 15 is 0 Å². The maximum Gasteiger partial charge on any atom is 0.435 e. The van der Waals surface area contributed by atoms with Gasteiger partial charge in [0, 0.05) is 22.9 Å². The molecule has 0 saturated heterocycles. The van der Waals surface area contributed by atoms with Gasteiger partial charge < -0.3 is 15.2 Å². The highest BCUT2D eigenvalue weighted by Crippen LogP contribution is 2.41. The third kappa shape index (κ3) is 5.36. The van der Waals surface area contributed by atoms with Crippen molar-refractivity contribution in [2.24, 2.45) is 0 Å². The zero-order valence-corrected chi connectivity index (χ0v) is 20.2. The van der Waals surface area contributed by atoms with Gasteiger partial charge in [-0.05, 0) is 49.9 Å². The number of aliphatic hydroxyl groups is 1. The number of aromatic nitrogens is 4. The molecule has 4 rings (SSSR count). The summed E-state index contributed by atoms with van der Waals surface area (Å²) in [6.45, 7) is 0.968. The van der Waals surface area contributed by atoms with Crippen molar-refractivity contribution in [3.05, 3.63) is 58.7 Å². The number of hydrogen-bond acceptors (Lipinski definition) is 9. The number of nitrogens with one attached hydrogen (secondary N) is 2. The maximum atomic E-state index is 14.7. The number of ether oxygens (including phenoxy) is 1. The van der Waals surface area contributed by atoms with Crippen molar-refractivity contribution in [1.82, 2.24) is 20.4 Å². The van der Waals surface area contributed by atoms with Gasteiger partial charge in [0.2, 0.25) is 0 Å². The molecule has 0 radical (unpaired) electrons. The fourth-order valence-electron chi connectivity index (χ4n) is 3.63. The second-order valence-corrected chi connectivity index (χ2v) is 10.7. The maximum absolute atomic E-state index is 14.7. The van der Waals surface area contributed by atoms with Gasteiger partial charge in [0.05, 0.1) is 15.4 Å². The molecule has 37 heavy (non-hydrogen) atoms. The molecule has 1 amide bonds. The molecule has 196 valence electrons. The van der Waals surface area contributed by atoms with Gasteiger partial charge in [0.25, 0.3) is 17.7 Å². The summed E-state index contributed by atoms with van der Waals surface area (Å²) in [5.74, 6) is -3.78. The number of alkyl halides is 3. The van der Waals surface area contributed by atoms with Crippen LogP contribution in [0, 0.1) is 17.5 Å². The van der Waals surface area contributed by atoms with E-state index in [0.717, 1.165) is 25.7 Å². The van der Waals surface area contributed by atoms with E-state index in [2.05, 4.69) is 25.7 Å². The molecule has 2 heterocycles. The lowest BCUT2D eigenvalue weighted by atomic mass is 9.78. The fraction of sp³-hybridized carbons (Fsp3) is 0.318. The molecular weight excluding hydrogens is 520 g/mol. The summed E-state index contributed by atoms with van der Waals surface area (Å²) in [7, 11) is -3.15. The summed E-state index contributed by atoms with van der Waals surface area (Å²) in [6.07, 6.45) is -2.35. The highest BCUT2D eigenvalue weighted by Gasteiger charge is 2.40. The zero-order valence-electron chi connectivity index (χ0n) is 19.4. The van der Waals surface area contributed by atoms with Gasteiger partial charge in [0.1, 0.15) is 11.2 Å². The number of nitrogens with zero attached hydrogens (tertiary/aromatic N) is 4. The molecule has 0 spiro atoms. The van der Waals surface area contributed by atoms with E-state index < -0.39 is 61.8 Å². The van der Waals surface area contributed by atoms with Gasteiger partial charge >= 0.3 is 6.18 Å². The van der Waals surface area contributed by atoms with Crippen LogP contribution in [0.25, 0.3) is 0 Å². The quantitative estimate of drug-likeness (QED) is 0.394. The lowest BCUT2D eigenvalue weighted by molar-refractivity contribution is -0.142. The first-order chi connectivity index (χ1) is 17.2. The average molecular weight is 540 g/mol. The Morgan fingerprint density at radius 2 is 1.84 bits per heavy atom. The lowest BCUT2D eigenvalue weighted by Gasteiger charge is -2.35. The lowest BCUT2D eigenvalue weighted by Crippen LogP contribution is -2.35. The number of hydrogen-bond donors (Lipinski definition) is 3.